The van der Waals surface area contributed by atoms with Gasteiger partial charge in [-0.25, -0.2) is 0 Å². The summed E-state index contributed by atoms with van der Waals surface area (Å²) in [7, 11) is 2.07. The molecule has 2 aromatic rings. The molecule has 0 radical (unpaired) electrons. The van der Waals surface area contributed by atoms with Gasteiger partial charge in [0, 0.05) is 28.6 Å². The average Bonchev–Trinajstić information content (AvgIpc) is 2.42. The van der Waals surface area contributed by atoms with E-state index in [9.17, 15) is 0 Å². The van der Waals surface area contributed by atoms with Crippen LogP contribution >= 0.6 is 27.5 Å². The van der Waals surface area contributed by atoms with Crippen LogP contribution in [0.1, 0.15) is 17.2 Å². The van der Waals surface area contributed by atoms with E-state index >= 15 is 0 Å². The first kappa shape index (κ1) is 15.5. The van der Waals surface area contributed by atoms with Gasteiger partial charge in [-0.2, -0.15) is 0 Å². The van der Waals surface area contributed by atoms with Crippen LogP contribution in [0.4, 0.5) is 0 Å². The van der Waals surface area contributed by atoms with Gasteiger partial charge in [-0.3, -0.25) is 4.90 Å². The van der Waals surface area contributed by atoms with Gasteiger partial charge in [0.05, 0.1) is 0 Å². The van der Waals surface area contributed by atoms with Crippen molar-refractivity contribution in [2.24, 2.45) is 5.73 Å². The van der Waals surface area contributed by atoms with Crippen molar-refractivity contribution in [2.45, 2.75) is 12.6 Å². The monoisotopic (exact) mass is 352 g/mol. The smallest absolute Gasteiger partial charge is 0.0471 e. The lowest BCUT2D eigenvalue weighted by Gasteiger charge is -2.28. The van der Waals surface area contributed by atoms with Crippen molar-refractivity contribution >= 4 is 27.5 Å². The summed E-state index contributed by atoms with van der Waals surface area (Å²) in [5.41, 5.74) is 8.28. The third-order valence-corrected chi connectivity index (χ3v) is 4.23. The molecule has 2 N–H and O–H groups in total. The van der Waals surface area contributed by atoms with E-state index < -0.39 is 0 Å². The Morgan fingerprint density at radius 1 is 1.20 bits per heavy atom. The molecule has 1 unspecified atom stereocenters. The lowest BCUT2D eigenvalue weighted by molar-refractivity contribution is 0.242. The summed E-state index contributed by atoms with van der Waals surface area (Å²) in [4.78, 5) is 2.23. The van der Waals surface area contributed by atoms with Crippen LogP contribution in [0.25, 0.3) is 0 Å². The number of likely N-dealkylation sites (N-methyl/N-ethyl adjacent to an activating group) is 1. The molecule has 4 heteroatoms. The molecule has 0 saturated carbocycles. The predicted octanol–water partition coefficient (Wildman–Crippen LogP) is 4.23. The molecule has 106 valence electrons. The van der Waals surface area contributed by atoms with Crippen molar-refractivity contribution in [3.63, 3.8) is 0 Å². The molecule has 0 aliphatic carbocycles. The van der Waals surface area contributed by atoms with Gasteiger partial charge in [-0.15, -0.1) is 0 Å². The molecule has 0 fully saturated rings. The summed E-state index contributed by atoms with van der Waals surface area (Å²) in [5, 5.41) is 0.796. The van der Waals surface area contributed by atoms with Crippen molar-refractivity contribution in [1.29, 1.82) is 0 Å². The molecule has 0 saturated heterocycles. The second-order valence-corrected chi connectivity index (χ2v) is 6.14. The quantitative estimate of drug-likeness (QED) is 0.871. The Morgan fingerprint density at radius 3 is 2.60 bits per heavy atom. The maximum absolute atomic E-state index is 6.22. The fraction of sp³-hybridized carbons (Fsp3) is 0.250. The number of halogens is 2. The van der Waals surface area contributed by atoms with Gasteiger partial charge < -0.3 is 5.73 Å². The van der Waals surface area contributed by atoms with Crippen molar-refractivity contribution in [2.75, 3.05) is 13.6 Å². The molecular weight excluding hydrogens is 336 g/mol. The van der Waals surface area contributed by atoms with Crippen LogP contribution in [-0.4, -0.2) is 18.5 Å². The Hall–Kier alpha value is -0.870. The van der Waals surface area contributed by atoms with Crippen LogP contribution in [0.3, 0.4) is 0 Å². The SMILES string of the molecule is CN(Cc1ccccc1Cl)C(CN)c1cccc(Br)c1. The Kier molecular flexibility index (Phi) is 5.61. The van der Waals surface area contributed by atoms with Gasteiger partial charge in [0.1, 0.15) is 0 Å². The maximum atomic E-state index is 6.22. The molecule has 2 rings (SSSR count). The first-order valence-corrected chi connectivity index (χ1v) is 7.68. The second-order valence-electron chi connectivity index (χ2n) is 4.81. The molecule has 0 spiro atoms. The Balaban J connectivity index is 2.17. The van der Waals surface area contributed by atoms with Gasteiger partial charge in [0.25, 0.3) is 0 Å². The van der Waals surface area contributed by atoms with E-state index in [4.69, 9.17) is 17.3 Å². The maximum Gasteiger partial charge on any atom is 0.0471 e. The molecule has 0 aromatic heterocycles. The lowest BCUT2D eigenvalue weighted by atomic mass is 10.1. The second kappa shape index (κ2) is 7.23. The van der Waals surface area contributed by atoms with Gasteiger partial charge in [0.2, 0.25) is 0 Å². The lowest BCUT2D eigenvalue weighted by Crippen LogP contribution is -2.30. The van der Waals surface area contributed by atoms with Crippen LogP contribution in [0, 0.1) is 0 Å². The first-order chi connectivity index (χ1) is 9.61. The number of nitrogens with zero attached hydrogens (tertiary/aromatic N) is 1. The minimum atomic E-state index is 0.170. The molecule has 20 heavy (non-hydrogen) atoms. The van der Waals surface area contributed by atoms with Crippen molar-refractivity contribution in [1.82, 2.24) is 4.90 Å². The fourth-order valence-corrected chi connectivity index (χ4v) is 2.90. The molecular formula is C16H18BrClN2. The Labute approximate surface area is 133 Å². The number of nitrogens with two attached hydrogens (primary N) is 1. The van der Waals surface area contributed by atoms with Crippen LogP contribution in [0.2, 0.25) is 5.02 Å². The summed E-state index contributed by atoms with van der Waals surface area (Å²) in [6.07, 6.45) is 0. The number of hydrogen-bond donors (Lipinski definition) is 1. The fourth-order valence-electron chi connectivity index (χ4n) is 2.29. The molecule has 0 bridgehead atoms. The van der Waals surface area contributed by atoms with Gasteiger partial charge >= 0.3 is 0 Å². The largest absolute Gasteiger partial charge is 0.329 e. The Bertz CT molecular complexity index is 574. The minimum absolute atomic E-state index is 0.170. The van der Waals surface area contributed by atoms with Crippen molar-refractivity contribution in [3.05, 3.63) is 69.2 Å². The summed E-state index contributed by atoms with van der Waals surface area (Å²) < 4.78 is 1.07. The van der Waals surface area contributed by atoms with Gasteiger partial charge in [-0.05, 0) is 36.4 Å². The molecule has 0 aliphatic rings. The third-order valence-electron chi connectivity index (χ3n) is 3.37. The van der Waals surface area contributed by atoms with E-state index in [1.54, 1.807) is 0 Å². The van der Waals surface area contributed by atoms with Crippen LogP contribution < -0.4 is 5.73 Å². The standard InChI is InChI=1S/C16H18BrClN2/c1-20(11-13-5-2-3-8-15(13)18)16(10-19)12-6-4-7-14(17)9-12/h2-9,16H,10-11,19H2,1H3. The van der Waals surface area contributed by atoms with E-state index in [-0.39, 0.29) is 6.04 Å². The first-order valence-electron chi connectivity index (χ1n) is 6.51. The zero-order valence-corrected chi connectivity index (χ0v) is 13.7. The summed E-state index contributed by atoms with van der Waals surface area (Å²) in [6.45, 7) is 1.34. The van der Waals surface area contributed by atoms with Gasteiger partial charge in [-0.1, -0.05) is 57.9 Å². The number of hydrogen-bond acceptors (Lipinski definition) is 2. The molecule has 2 nitrogen and oxygen atoms in total. The minimum Gasteiger partial charge on any atom is -0.329 e. The average molecular weight is 354 g/mol. The summed E-state index contributed by atoms with van der Waals surface area (Å²) in [5.74, 6) is 0. The zero-order valence-electron chi connectivity index (χ0n) is 11.4. The zero-order chi connectivity index (χ0) is 14.5. The summed E-state index contributed by atoms with van der Waals surface area (Å²) >= 11 is 9.73. The van der Waals surface area contributed by atoms with E-state index in [0.29, 0.717) is 6.54 Å². The highest BCUT2D eigenvalue weighted by molar-refractivity contribution is 9.10. The van der Waals surface area contributed by atoms with Crippen LogP contribution in [0.15, 0.2) is 53.0 Å². The predicted molar refractivity (Wildman–Crippen MR) is 88.9 cm³/mol. The number of rotatable bonds is 5. The highest BCUT2D eigenvalue weighted by Gasteiger charge is 2.16. The molecule has 2 aromatic carbocycles. The van der Waals surface area contributed by atoms with Crippen molar-refractivity contribution < 1.29 is 0 Å². The van der Waals surface area contributed by atoms with E-state index in [1.807, 2.05) is 36.4 Å². The molecule has 0 heterocycles. The highest BCUT2D eigenvalue weighted by atomic mass is 79.9. The van der Waals surface area contributed by atoms with Crippen LogP contribution in [0.5, 0.6) is 0 Å². The van der Waals surface area contributed by atoms with Gasteiger partial charge in [0.15, 0.2) is 0 Å². The molecule has 1 atom stereocenters. The van der Waals surface area contributed by atoms with E-state index in [2.05, 4.69) is 40.0 Å². The Morgan fingerprint density at radius 2 is 1.95 bits per heavy atom. The van der Waals surface area contributed by atoms with Crippen molar-refractivity contribution in [3.8, 4) is 0 Å². The van der Waals surface area contributed by atoms with E-state index in [0.717, 1.165) is 21.6 Å². The normalized spacial score (nSPS) is 12.7. The van der Waals surface area contributed by atoms with Crippen LogP contribution in [-0.2, 0) is 6.54 Å². The third kappa shape index (κ3) is 3.83. The topological polar surface area (TPSA) is 29.3 Å². The van der Waals surface area contributed by atoms with E-state index in [1.165, 1.54) is 5.56 Å². The number of benzene rings is 2. The summed E-state index contributed by atoms with van der Waals surface area (Å²) in [6, 6.07) is 16.4. The molecule has 0 aliphatic heterocycles. The highest BCUT2D eigenvalue weighted by Crippen LogP contribution is 2.25. The molecule has 0 amide bonds.